The summed E-state index contributed by atoms with van der Waals surface area (Å²) in [5, 5.41) is 1.58. The molecule has 0 amide bonds. The molecule has 236 valence electrons. The van der Waals surface area contributed by atoms with Gasteiger partial charge in [0.05, 0.1) is 22.3 Å². The van der Waals surface area contributed by atoms with Gasteiger partial charge in [0.15, 0.2) is 5.82 Å². The first-order valence-electron chi connectivity index (χ1n) is 15.9. The summed E-state index contributed by atoms with van der Waals surface area (Å²) >= 11 is 0. The fourth-order valence-electron chi connectivity index (χ4n) is 6.47. The fraction of sp³-hybridized carbons (Fsp3) is 0.154. The third-order valence-electron chi connectivity index (χ3n) is 8.72. The molecule has 4 heterocycles. The van der Waals surface area contributed by atoms with Crippen molar-refractivity contribution < 1.29 is 13.2 Å². The topological polar surface area (TPSA) is 82.5 Å². The lowest BCUT2D eigenvalue weighted by Crippen LogP contribution is -2.09. The smallest absolute Gasteiger partial charge is 0.314 e. The molecule has 0 fully saturated rings. The number of nitrogens with zero attached hydrogens (tertiary/aromatic N) is 6. The van der Waals surface area contributed by atoms with Crippen LogP contribution in [0.25, 0.3) is 72.8 Å². The van der Waals surface area contributed by atoms with Crippen LogP contribution in [0.2, 0.25) is 0 Å². The minimum Gasteiger partial charge on any atom is -0.437 e. The molecule has 0 bridgehead atoms. The maximum Gasteiger partial charge on any atom is 0.314 e. The number of furan rings is 1. The van der Waals surface area contributed by atoms with Crippen LogP contribution in [-0.2, 0) is 0 Å². The normalized spacial score (nSPS) is 11.9. The van der Waals surface area contributed by atoms with E-state index in [2.05, 4.69) is 94.7 Å². The number of para-hydroxylation sites is 3. The lowest BCUT2D eigenvalue weighted by Gasteiger charge is -2.24. The second-order valence-electron chi connectivity index (χ2n) is 12.5. The van der Waals surface area contributed by atoms with E-state index in [1.165, 1.54) is 22.3 Å². The Morgan fingerprint density at radius 1 is 0.625 bits per heavy atom. The SMILES string of the molecule is CC(C)c1cc(-c2ccccc2)cc(C(C)C)c1-n1c(-c2cccc3c2oc2nc(-c4nc(F)nc(F)n4)ccc23)nc2ccccc21. The average molecular weight is 637 g/mol. The van der Waals surface area contributed by atoms with Crippen molar-refractivity contribution in [3.8, 4) is 39.7 Å². The number of pyridine rings is 1. The molecule has 0 saturated heterocycles. The van der Waals surface area contributed by atoms with Gasteiger partial charge in [-0.05, 0) is 76.6 Å². The van der Waals surface area contributed by atoms with Gasteiger partial charge >= 0.3 is 12.2 Å². The summed E-state index contributed by atoms with van der Waals surface area (Å²) in [5.74, 6) is 0.944. The Labute approximate surface area is 275 Å². The maximum atomic E-state index is 13.8. The van der Waals surface area contributed by atoms with E-state index in [0.717, 1.165) is 38.9 Å². The number of fused-ring (bicyclic) bond motifs is 4. The van der Waals surface area contributed by atoms with Gasteiger partial charge in [0.1, 0.15) is 17.1 Å². The molecule has 0 aliphatic rings. The highest BCUT2D eigenvalue weighted by molar-refractivity contribution is 6.09. The van der Waals surface area contributed by atoms with Gasteiger partial charge in [0.25, 0.3) is 0 Å². The number of benzene rings is 4. The van der Waals surface area contributed by atoms with Crippen LogP contribution in [0.15, 0.2) is 101 Å². The van der Waals surface area contributed by atoms with Crippen molar-refractivity contribution >= 4 is 33.1 Å². The zero-order chi connectivity index (χ0) is 33.1. The quantitative estimate of drug-likeness (QED) is 0.181. The molecule has 0 spiro atoms. The van der Waals surface area contributed by atoms with Crippen molar-refractivity contribution in [3.63, 3.8) is 0 Å². The highest BCUT2D eigenvalue weighted by atomic mass is 19.1. The van der Waals surface area contributed by atoms with Crippen molar-refractivity contribution in [2.45, 2.75) is 39.5 Å². The Morgan fingerprint density at radius 3 is 2.02 bits per heavy atom. The summed E-state index contributed by atoms with van der Waals surface area (Å²) in [6.07, 6.45) is -2.44. The van der Waals surface area contributed by atoms with Gasteiger partial charge in [0, 0.05) is 10.8 Å². The predicted molar refractivity (Wildman–Crippen MR) is 184 cm³/mol. The molecule has 0 unspecified atom stereocenters. The van der Waals surface area contributed by atoms with Gasteiger partial charge in [-0.25, -0.2) is 9.97 Å². The van der Waals surface area contributed by atoms with Gasteiger partial charge in [-0.1, -0.05) is 82.3 Å². The summed E-state index contributed by atoms with van der Waals surface area (Å²) in [7, 11) is 0. The number of halogens is 2. The van der Waals surface area contributed by atoms with E-state index in [9.17, 15) is 8.78 Å². The second-order valence-corrected chi connectivity index (χ2v) is 12.5. The summed E-state index contributed by atoms with van der Waals surface area (Å²) in [6, 6.07) is 32.6. The van der Waals surface area contributed by atoms with Crippen LogP contribution in [-0.4, -0.2) is 29.5 Å². The lowest BCUT2D eigenvalue weighted by atomic mass is 9.88. The van der Waals surface area contributed by atoms with E-state index >= 15 is 0 Å². The Bertz CT molecular complexity index is 2450. The first-order valence-corrected chi connectivity index (χ1v) is 15.9. The van der Waals surface area contributed by atoms with Gasteiger partial charge in [-0.3, -0.25) is 4.57 Å². The van der Waals surface area contributed by atoms with E-state index in [-0.39, 0.29) is 29.1 Å². The molecular weight excluding hydrogens is 606 g/mol. The number of rotatable bonds is 6. The monoisotopic (exact) mass is 636 g/mol. The van der Waals surface area contributed by atoms with Crippen LogP contribution in [0.4, 0.5) is 8.78 Å². The third kappa shape index (κ3) is 4.90. The molecule has 0 aliphatic heterocycles. The van der Waals surface area contributed by atoms with Gasteiger partial charge < -0.3 is 4.42 Å². The Morgan fingerprint density at radius 2 is 1.31 bits per heavy atom. The number of hydrogen-bond donors (Lipinski definition) is 0. The highest BCUT2D eigenvalue weighted by Gasteiger charge is 2.25. The van der Waals surface area contributed by atoms with Gasteiger partial charge in [-0.15, -0.1) is 0 Å². The highest BCUT2D eigenvalue weighted by Crippen LogP contribution is 2.42. The van der Waals surface area contributed by atoms with Crippen LogP contribution < -0.4 is 0 Å². The second kappa shape index (κ2) is 11.5. The molecule has 0 atom stereocenters. The molecule has 9 heteroatoms. The molecule has 4 aromatic heterocycles. The molecular formula is C39H30F2N6O. The van der Waals surface area contributed by atoms with Crippen molar-refractivity contribution in [3.05, 3.63) is 120 Å². The Balaban J connectivity index is 1.40. The molecule has 0 aliphatic carbocycles. The Hall–Kier alpha value is -5.83. The summed E-state index contributed by atoms with van der Waals surface area (Å²) in [6.45, 7) is 8.90. The predicted octanol–water partition coefficient (Wildman–Crippen LogP) is 10.0. The van der Waals surface area contributed by atoms with E-state index in [1.807, 2.05) is 42.5 Å². The van der Waals surface area contributed by atoms with Crippen LogP contribution in [0.1, 0.15) is 50.7 Å². The number of imidazole rings is 1. The van der Waals surface area contributed by atoms with Gasteiger partial charge in [0.2, 0.25) is 5.71 Å². The molecule has 0 saturated carbocycles. The summed E-state index contributed by atoms with van der Waals surface area (Å²) < 4.78 is 36.3. The number of hydrogen-bond acceptors (Lipinski definition) is 6. The van der Waals surface area contributed by atoms with Crippen molar-refractivity contribution in [2.24, 2.45) is 0 Å². The molecule has 7 nitrogen and oxygen atoms in total. The zero-order valence-electron chi connectivity index (χ0n) is 26.7. The minimum absolute atomic E-state index is 0.164. The fourth-order valence-corrected chi connectivity index (χ4v) is 6.47. The molecule has 48 heavy (non-hydrogen) atoms. The van der Waals surface area contributed by atoms with Crippen molar-refractivity contribution in [2.75, 3.05) is 0 Å². The minimum atomic E-state index is -1.22. The van der Waals surface area contributed by atoms with Crippen LogP contribution in [0.5, 0.6) is 0 Å². The van der Waals surface area contributed by atoms with E-state index < -0.39 is 12.2 Å². The summed E-state index contributed by atoms with van der Waals surface area (Å²) in [5.41, 5.74) is 9.56. The Kier molecular flexibility index (Phi) is 7.05. The van der Waals surface area contributed by atoms with Gasteiger partial charge in [-0.2, -0.15) is 23.7 Å². The molecule has 0 radical (unpaired) electrons. The molecule has 4 aromatic carbocycles. The number of aromatic nitrogens is 6. The first kappa shape index (κ1) is 29.6. The largest absolute Gasteiger partial charge is 0.437 e. The van der Waals surface area contributed by atoms with Crippen LogP contribution in [0.3, 0.4) is 0 Å². The molecule has 8 rings (SSSR count). The van der Waals surface area contributed by atoms with E-state index in [4.69, 9.17) is 9.40 Å². The standard InChI is InChI=1S/C39H30F2N6O/c1-21(2)28-19-24(23-11-6-5-7-12-23)20-29(22(3)4)33(28)47-32-16-9-8-15-30(32)42-36(47)27-14-10-13-25-26-17-18-31(43-37(26)48-34(25)27)35-44-38(40)46-39(41)45-35/h5-22H,1-4H3. The lowest BCUT2D eigenvalue weighted by molar-refractivity contribution is 0.457. The van der Waals surface area contributed by atoms with E-state index in [0.29, 0.717) is 5.58 Å². The van der Waals surface area contributed by atoms with Crippen molar-refractivity contribution in [1.82, 2.24) is 29.5 Å². The van der Waals surface area contributed by atoms with Crippen LogP contribution in [0, 0.1) is 12.2 Å². The van der Waals surface area contributed by atoms with Crippen LogP contribution >= 0.6 is 0 Å². The summed E-state index contributed by atoms with van der Waals surface area (Å²) in [4.78, 5) is 20.0. The average Bonchev–Trinajstić information content (AvgIpc) is 3.65. The molecule has 8 aromatic rings. The van der Waals surface area contributed by atoms with Crippen molar-refractivity contribution in [1.29, 1.82) is 0 Å². The first-order chi connectivity index (χ1) is 23.3. The molecule has 0 N–H and O–H groups in total. The van der Waals surface area contributed by atoms with E-state index in [1.54, 1.807) is 12.1 Å². The third-order valence-corrected chi connectivity index (χ3v) is 8.72. The zero-order valence-corrected chi connectivity index (χ0v) is 26.7. The maximum absolute atomic E-state index is 13.8.